The van der Waals surface area contributed by atoms with E-state index in [0.717, 1.165) is 28.9 Å². The van der Waals surface area contributed by atoms with Crippen LogP contribution in [-0.2, 0) is 6.42 Å². The molecular formula is C31H26N4O. The largest absolute Gasteiger partial charge is 0.457 e. The van der Waals surface area contributed by atoms with Gasteiger partial charge in [0.1, 0.15) is 17.3 Å². The first-order chi connectivity index (χ1) is 17.6. The van der Waals surface area contributed by atoms with E-state index in [2.05, 4.69) is 24.3 Å². The molecule has 5 heteroatoms. The predicted molar refractivity (Wildman–Crippen MR) is 146 cm³/mol. The van der Waals surface area contributed by atoms with E-state index in [-0.39, 0.29) is 5.84 Å². The molecule has 0 fully saturated rings. The molecule has 4 aromatic carbocycles. The number of pyridine rings is 1. The van der Waals surface area contributed by atoms with E-state index in [9.17, 15) is 0 Å². The van der Waals surface area contributed by atoms with Crippen LogP contribution in [0.15, 0.2) is 115 Å². The lowest BCUT2D eigenvalue weighted by atomic mass is 9.95. The second-order valence-electron chi connectivity index (χ2n) is 8.53. The molecule has 0 radical (unpaired) electrons. The zero-order valence-corrected chi connectivity index (χ0v) is 19.7. The smallest absolute Gasteiger partial charge is 0.127 e. The number of anilines is 1. The van der Waals surface area contributed by atoms with Gasteiger partial charge in [-0.1, -0.05) is 78.9 Å². The summed E-state index contributed by atoms with van der Waals surface area (Å²) >= 11 is 0. The Hall–Kier alpha value is -4.90. The van der Waals surface area contributed by atoms with E-state index in [4.69, 9.17) is 26.6 Å². The number of aromatic nitrogens is 1. The summed E-state index contributed by atoms with van der Waals surface area (Å²) in [6.07, 6.45) is 2.54. The lowest BCUT2D eigenvalue weighted by Crippen LogP contribution is -2.16. The topological polar surface area (TPSA) is 98.0 Å². The van der Waals surface area contributed by atoms with Gasteiger partial charge < -0.3 is 16.2 Å². The van der Waals surface area contributed by atoms with E-state index in [1.165, 1.54) is 5.56 Å². The van der Waals surface area contributed by atoms with Gasteiger partial charge in [-0.2, -0.15) is 0 Å². The first kappa shape index (κ1) is 22.9. The van der Waals surface area contributed by atoms with Crippen molar-refractivity contribution >= 4 is 11.5 Å². The van der Waals surface area contributed by atoms with Crippen LogP contribution in [0, 0.1) is 5.41 Å². The highest BCUT2D eigenvalue weighted by molar-refractivity contribution is 6.08. The van der Waals surface area contributed by atoms with E-state index in [0.29, 0.717) is 28.3 Å². The minimum atomic E-state index is -0.101. The summed E-state index contributed by atoms with van der Waals surface area (Å²) in [6.45, 7) is 0. The quantitative estimate of drug-likeness (QED) is 0.183. The molecule has 0 aliphatic carbocycles. The van der Waals surface area contributed by atoms with Crippen LogP contribution in [0.5, 0.6) is 11.5 Å². The fourth-order valence-electron chi connectivity index (χ4n) is 4.25. The molecule has 0 aliphatic rings. The van der Waals surface area contributed by atoms with E-state index < -0.39 is 0 Å². The van der Waals surface area contributed by atoms with Gasteiger partial charge in [-0.3, -0.25) is 10.4 Å². The molecule has 0 atom stereocenters. The van der Waals surface area contributed by atoms with Gasteiger partial charge in [0.05, 0.1) is 16.9 Å². The number of ether oxygens (including phenoxy) is 1. The summed E-state index contributed by atoms with van der Waals surface area (Å²) in [7, 11) is 0. The van der Waals surface area contributed by atoms with Crippen LogP contribution in [0.2, 0.25) is 0 Å². The Balaban J connectivity index is 1.46. The van der Waals surface area contributed by atoms with Crippen LogP contribution in [-0.4, -0.2) is 10.8 Å². The number of nitrogen functional groups attached to an aromatic ring is 2. The molecule has 0 spiro atoms. The molecule has 1 aromatic heterocycles. The van der Waals surface area contributed by atoms with Gasteiger partial charge in [0.25, 0.3) is 0 Å². The average Bonchev–Trinajstić information content (AvgIpc) is 2.90. The molecule has 36 heavy (non-hydrogen) atoms. The summed E-state index contributed by atoms with van der Waals surface area (Å²) in [5, 5.41) is 8.25. The summed E-state index contributed by atoms with van der Waals surface area (Å²) in [4.78, 5) is 4.70. The van der Waals surface area contributed by atoms with Crippen LogP contribution < -0.4 is 16.2 Å². The van der Waals surface area contributed by atoms with Crippen LogP contribution in [0.25, 0.3) is 22.4 Å². The molecular weight excluding hydrogens is 444 g/mol. The number of nitrogens with two attached hydrogens (primary N) is 2. The molecule has 0 saturated carbocycles. The summed E-state index contributed by atoms with van der Waals surface area (Å²) in [6, 6.07) is 35.7. The number of nitrogens with zero attached hydrogens (tertiary/aromatic N) is 1. The maximum absolute atomic E-state index is 8.25. The number of nitrogens with one attached hydrogen (secondary N) is 1. The van der Waals surface area contributed by atoms with Crippen molar-refractivity contribution in [3.63, 3.8) is 0 Å². The molecule has 5 nitrogen and oxygen atoms in total. The molecule has 1 heterocycles. The van der Waals surface area contributed by atoms with Gasteiger partial charge >= 0.3 is 0 Å². The number of hydrogen-bond acceptors (Lipinski definition) is 4. The van der Waals surface area contributed by atoms with Gasteiger partial charge in [-0.15, -0.1) is 0 Å². The van der Waals surface area contributed by atoms with Gasteiger partial charge in [0.2, 0.25) is 0 Å². The Morgan fingerprint density at radius 1 is 0.722 bits per heavy atom. The Morgan fingerprint density at radius 3 is 2.06 bits per heavy atom. The van der Waals surface area contributed by atoms with Crippen LogP contribution in [0.1, 0.15) is 16.7 Å². The third-order valence-corrected chi connectivity index (χ3v) is 5.98. The fourth-order valence-corrected chi connectivity index (χ4v) is 4.25. The van der Waals surface area contributed by atoms with Crippen LogP contribution >= 0.6 is 0 Å². The van der Waals surface area contributed by atoms with Crippen molar-refractivity contribution in [3.05, 3.63) is 132 Å². The number of amidine groups is 1. The van der Waals surface area contributed by atoms with E-state index >= 15 is 0 Å². The van der Waals surface area contributed by atoms with Gasteiger partial charge in [0.15, 0.2) is 0 Å². The molecule has 0 unspecified atom stereocenters. The lowest BCUT2D eigenvalue weighted by molar-refractivity contribution is 0.483. The Labute approximate surface area is 210 Å². The number of benzene rings is 4. The van der Waals surface area contributed by atoms with Crippen LogP contribution in [0.4, 0.5) is 5.69 Å². The highest BCUT2D eigenvalue weighted by Crippen LogP contribution is 2.35. The molecule has 176 valence electrons. The highest BCUT2D eigenvalue weighted by atomic mass is 16.5. The molecule has 5 N–H and O–H groups in total. The van der Waals surface area contributed by atoms with E-state index in [1.54, 1.807) is 6.20 Å². The van der Waals surface area contributed by atoms with E-state index in [1.807, 2.05) is 84.9 Å². The zero-order chi connectivity index (χ0) is 24.9. The second kappa shape index (κ2) is 10.2. The molecule has 0 amide bonds. The Bertz CT molecular complexity index is 1500. The van der Waals surface area contributed by atoms with Gasteiger partial charge in [-0.05, 0) is 53.4 Å². The van der Waals surface area contributed by atoms with Gasteiger partial charge in [-0.25, -0.2) is 0 Å². The average molecular weight is 471 g/mol. The van der Waals surface area contributed by atoms with Crippen molar-refractivity contribution in [2.45, 2.75) is 6.42 Å². The first-order valence-corrected chi connectivity index (χ1v) is 11.7. The van der Waals surface area contributed by atoms with Crippen molar-refractivity contribution in [1.82, 2.24) is 4.98 Å². The Kier molecular flexibility index (Phi) is 6.45. The Morgan fingerprint density at radius 2 is 1.36 bits per heavy atom. The van der Waals surface area contributed by atoms with Crippen molar-refractivity contribution < 1.29 is 4.74 Å². The number of rotatable bonds is 7. The predicted octanol–water partition coefficient (Wildman–Crippen LogP) is 6.66. The van der Waals surface area contributed by atoms with Crippen molar-refractivity contribution in [1.29, 1.82) is 5.41 Å². The maximum Gasteiger partial charge on any atom is 0.127 e. The highest BCUT2D eigenvalue weighted by Gasteiger charge is 2.18. The maximum atomic E-state index is 8.25. The normalized spacial score (nSPS) is 10.7. The zero-order valence-electron chi connectivity index (χ0n) is 19.7. The van der Waals surface area contributed by atoms with Crippen molar-refractivity contribution in [3.8, 4) is 33.9 Å². The second-order valence-corrected chi connectivity index (χ2v) is 8.53. The summed E-state index contributed by atoms with van der Waals surface area (Å²) < 4.78 is 5.89. The molecule has 0 bridgehead atoms. The summed E-state index contributed by atoms with van der Waals surface area (Å²) in [5.41, 5.74) is 18.9. The fraction of sp³-hybridized carbons (Fsp3) is 0.0323. The molecule has 0 saturated heterocycles. The third kappa shape index (κ3) is 4.95. The minimum absolute atomic E-state index is 0.101. The minimum Gasteiger partial charge on any atom is -0.457 e. The standard InChI is InChI=1S/C31H26N4O/c32-29-28(31(33)34)27(23-14-16-26(17-15-23)36-25-12-5-2-6-13-25)20-35-30(29)24-11-7-10-22(19-24)18-21-8-3-1-4-9-21/h1-17,19-20H,18,32H2,(H3,33,34). The van der Waals surface area contributed by atoms with Crippen LogP contribution in [0.3, 0.4) is 0 Å². The number of hydrogen-bond donors (Lipinski definition) is 3. The first-order valence-electron chi connectivity index (χ1n) is 11.7. The van der Waals surface area contributed by atoms with Gasteiger partial charge in [0, 0.05) is 17.3 Å². The molecule has 5 aromatic rings. The number of para-hydroxylation sites is 1. The SMILES string of the molecule is N=C(N)c1c(-c2ccc(Oc3ccccc3)cc2)cnc(-c2cccc(Cc3ccccc3)c2)c1N. The molecule has 0 aliphatic heterocycles. The third-order valence-electron chi connectivity index (χ3n) is 5.98. The van der Waals surface area contributed by atoms with Crippen molar-refractivity contribution in [2.24, 2.45) is 5.73 Å². The summed E-state index contributed by atoms with van der Waals surface area (Å²) in [5.74, 6) is 1.37. The monoisotopic (exact) mass is 470 g/mol. The van der Waals surface area contributed by atoms with Crippen molar-refractivity contribution in [2.75, 3.05) is 5.73 Å². The lowest BCUT2D eigenvalue weighted by Gasteiger charge is -2.16. The molecule has 5 rings (SSSR count).